The molecule has 36 heavy (non-hydrogen) atoms. The van der Waals surface area contributed by atoms with Crippen LogP contribution in [0.15, 0.2) is 18.2 Å². The lowest BCUT2D eigenvalue weighted by Crippen LogP contribution is -2.38. The van der Waals surface area contributed by atoms with Crippen LogP contribution in [0.5, 0.6) is 5.75 Å². The number of carbonyl (C=O) groups is 2. The van der Waals surface area contributed by atoms with Gasteiger partial charge in [0.25, 0.3) is 0 Å². The van der Waals surface area contributed by atoms with E-state index in [4.69, 9.17) is 9.72 Å². The third-order valence-electron chi connectivity index (χ3n) is 7.77. The Bertz CT molecular complexity index is 1020. The van der Waals surface area contributed by atoms with Crippen molar-refractivity contribution in [2.45, 2.75) is 79.7 Å². The molecule has 200 valence electrons. The van der Waals surface area contributed by atoms with Gasteiger partial charge in [-0.15, -0.1) is 0 Å². The van der Waals surface area contributed by atoms with Crippen LogP contribution in [0.1, 0.15) is 83.8 Å². The van der Waals surface area contributed by atoms with Crippen molar-refractivity contribution >= 4 is 22.7 Å². The number of carbonyl (C=O) groups excluding carboxylic acids is 2. The lowest BCUT2D eigenvalue weighted by atomic mass is 9.69. The molecular formula is C29H45N3O4. The first-order valence-corrected chi connectivity index (χ1v) is 13.6. The summed E-state index contributed by atoms with van der Waals surface area (Å²) in [7, 11) is 1.61. The van der Waals surface area contributed by atoms with Crippen LogP contribution in [-0.2, 0) is 11.3 Å². The van der Waals surface area contributed by atoms with Crippen LogP contribution in [-0.4, -0.2) is 58.1 Å². The van der Waals surface area contributed by atoms with Crippen molar-refractivity contribution in [1.82, 2.24) is 14.5 Å². The van der Waals surface area contributed by atoms with Gasteiger partial charge in [0.05, 0.1) is 18.1 Å². The second kappa shape index (κ2) is 12.2. The smallest absolute Gasteiger partial charge is 0.242 e. The number of aromatic nitrogens is 2. The van der Waals surface area contributed by atoms with Gasteiger partial charge in [-0.1, -0.05) is 34.6 Å². The number of nitrogens with zero attached hydrogens (tertiary/aromatic N) is 3. The molecule has 1 aliphatic rings. The minimum absolute atomic E-state index is 0.0154. The molecule has 0 unspecified atom stereocenters. The molecule has 0 bridgehead atoms. The summed E-state index contributed by atoms with van der Waals surface area (Å²) in [5.74, 6) is 2.28. The van der Waals surface area contributed by atoms with Gasteiger partial charge in [-0.2, -0.15) is 0 Å². The summed E-state index contributed by atoms with van der Waals surface area (Å²) in [5.41, 5.74) is 0.884. The SMILES string of the molecule is COc1ccc2nc(C(=O)C3(C)CCC(CO)CC3)n(CC(=O)N(CCC(C)C)CCC(C)C)c2c1. The number of ketones is 1. The molecule has 0 aliphatic heterocycles. The van der Waals surface area contributed by atoms with Gasteiger partial charge in [0.15, 0.2) is 5.82 Å². The van der Waals surface area contributed by atoms with Crippen LogP contribution in [0.25, 0.3) is 11.0 Å². The van der Waals surface area contributed by atoms with Gasteiger partial charge in [0.1, 0.15) is 12.3 Å². The van der Waals surface area contributed by atoms with E-state index in [-0.39, 0.29) is 30.8 Å². The summed E-state index contributed by atoms with van der Waals surface area (Å²) in [6.45, 7) is 12.4. The summed E-state index contributed by atoms with van der Waals surface area (Å²) in [6.07, 6.45) is 4.96. The van der Waals surface area contributed by atoms with E-state index in [1.165, 1.54) is 0 Å². The van der Waals surface area contributed by atoms with E-state index in [0.29, 0.717) is 54.9 Å². The normalized spacial score (nSPS) is 20.3. The zero-order chi connectivity index (χ0) is 26.5. The molecule has 1 saturated carbocycles. The van der Waals surface area contributed by atoms with Crippen LogP contribution in [0.2, 0.25) is 0 Å². The van der Waals surface area contributed by atoms with E-state index in [1.807, 2.05) is 34.6 Å². The Morgan fingerprint density at radius 1 is 1.14 bits per heavy atom. The van der Waals surface area contributed by atoms with Crippen molar-refractivity contribution < 1.29 is 19.4 Å². The van der Waals surface area contributed by atoms with Crippen LogP contribution < -0.4 is 4.74 Å². The molecule has 0 spiro atoms. The first kappa shape index (κ1) is 28.2. The molecule has 1 N–H and O–H groups in total. The van der Waals surface area contributed by atoms with Crippen molar-refractivity contribution in [3.05, 3.63) is 24.0 Å². The Balaban J connectivity index is 1.96. The van der Waals surface area contributed by atoms with E-state index in [2.05, 4.69) is 27.7 Å². The number of Topliss-reactive ketones (excluding diaryl/α,β-unsaturated/α-hetero) is 1. The molecule has 0 radical (unpaired) electrons. The minimum atomic E-state index is -0.549. The molecule has 1 amide bonds. The van der Waals surface area contributed by atoms with Gasteiger partial charge in [0, 0.05) is 31.2 Å². The van der Waals surface area contributed by atoms with Gasteiger partial charge in [0.2, 0.25) is 11.7 Å². The minimum Gasteiger partial charge on any atom is -0.497 e. The Morgan fingerprint density at radius 2 is 1.75 bits per heavy atom. The van der Waals surface area contributed by atoms with Gasteiger partial charge in [-0.25, -0.2) is 4.98 Å². The molecule has 1 aromatic carbocycles. The molecule has 1 heterocycles. The zero-order valence-electron chi connectivity index (χ0n) is 23.0. The lowest BCUT2D eigenvalue weighted by Gasteiger charge is -2.35. The third-order valence-corrected chi connectivity index (χ3v) is 7.77. The Labute approximate surface area is 216 Å². The monoisotopic (exact) mass is 499 g/mol. The molecule has 7 nitrogen and oxygen atoms in total. The lowest BCUT2D eigenvalue weighted by molar-refractivity contribution is -0.132. The summed E-state index contributed by atoms with van der Waals surface area (Å²) in [6, 6.07) is 5.55. The highest BCUT2D eigenvalue weighted by atomic mass is 16.5. The summed E-state index contributed by atoms with van der Waals surface area (Å²) in [5, 5.41) is 9.56. The van der Waals surface area contributed by atoms with Crippen LogP contribution in [0, 0.1) is 23.2 Å². The quantitative estimate of drug-likeness (QED) is 0.399. The second-order valence-corrected chi connectivity index (χ2v) is 11.6. The largest absolute Gasteiger partial charge is 0.497 e. The van der Waals surface area contributed by atoms with Crippen molar-refractivity contribution in [3.8, 4) is 5.75 Å². The number of hydrogen-bond donors (Lipinski definition) is 1. The molecule has 1 aromatic heterocycles. The molecule has 2 aromatic rings. The fraction of sp³-hybridized carbons (Fsp3) is 0.690. The number of amides is 1. The number of methoxy groups -OCH3 is 1. The average molecular weight is 500 g/mol. The fourth-order valence-corrected chi connectivity index (χ4v) is 4.98. The maximum Gasteiger partial charge on any atom is 0.242 e. The van der Waals surface area contributed by atoms with Gasteiger partial charge < -0.3 is 19.3 Å². The molecule has 3 rings (SSSR count). The highest BCUT2D eigenvalue weighted by Crippen LogP contribution is 2.41. The van der Waals surface area contributed by atoms with E-state index in [9.17, 15) is 14.7 Å². The standard InChI is InChI=1S/C29H45N3O4/c1-20(2)11-15-31(16-12-21(3)4)26(34)18-32-25-17-23(36-6)7-8-24(25)30-28(32)27(35)29(5)13-9-22(19-33)10-14-29/h7-8,17,20-22,33H,9-16,18-19H2,1-6H3. The van der Waals surface area contributed by atoms with E-state index in [0.717, 1.165) is 31.2 Å². The second-order valence-electron chi connectivity index (χ2n) is 11.6. The highest BCUT2D eigenvalue weighted by Gasteiger charge is 2.40. The summed E-state index contributed by atoms with van der Waals surface area (Å²) < 4.78 is 7.25. The summed E-state index contributed by atoms with van der Waals surface area (Å²) in [4.78, 5) is 34.3. The maximum atomic E-state index is 13.9. The maximum absolute atomic E-state index is 13.9. The van der Waals surface area contributed by atoms with Gasteiger partial charge in [-0.3, -0.25) is 9.59 Å². The zero-order valence-corrected chi connectivity index (χ0v) is 23.0. The van der Waals surface area contributed by atoms with Crippen molar-refractivity contribution in [3.63, 3.8) is 0 Å². The Hall–Kier alpha value is -2.41. The Kier molecular flexibility index (Phi) is 9.56. The van der Waals surface area contributed by atoms with Crippen molar-refractivity contribution in [2.24, 2.45) is 23.2 Å². The molecule has 1 aliphatic carbocycles. The number of imidazole rings is 1. The number of rotatable bonds is 12. The van der Waals surface area contributed by atoms with E-state index in [1.54, 1.807) is 7.11 Å². The van der Waals surface area contributed by atoms with Crippen LogP contribution in [0.4, 0.5) is 0 Å². The number of fused-ring (bicyclic) bond motifs is 1. The molecule has 1 fully saturated rings. The average Bonchev–Trinajstić information content (AvgIpc) is 3.20. The van der Waals surface area contributed by atoms with Gasteiger partial charge in [-0.05, 0) is 68.4 Å². The number of aliphatic hydroxyl groups is 1. The number of benzene rings is 1. The molecular weight excluding hydrogens is 454 g/mol. The number of ether oxygens (including phenoxy) is 1. The highest BCUT2D eigenvalue weighted by molar-refractivity contribution is 6.01. The summed E-state index contributed by atoms with van der Waals surface area (Å²) >= 11 is 0. The molecule has 0 atom stereocenters. The van der Waals surface area contributed by atoms with Crippen LogP contribution in [0.3, 0.4) is 0 Å². The van der Waals surface area contributed by atoms with Crippen molar-refractivity contribution in [2.75, 3.05) is 26.8 Å². The first-order chi connectivity index (χ1) is 17.1. The van der Waals surface area contributed by atoms with Crippen molar-refractivity contribution in [1.29, 1.82) is 0 Å². The predicted molar refractivity (Wildman–Crippen MR) is 143 cm³/mol. The van der Waals surface area contributed by atoms with Crippen LogP contribution >= 0.6 is 0 Å². The fourth-order valence-electron chi connectivity index (χ4n) is 4.98. The third kappa shape index (κ3) is 6.67. The first-order valence-electron chi connectivity index (χ1n) is 13.6. The number of aliphatic hydroxyl groups excluding tert-OH is 1. The van der Waals surface area contributed by atoms with E-state index >= 15 is 0 Å². The predicted octanol–water partition coefficient (Wildman–Crippen LogP) is 5.34. The molecule has 0 saturated heterocycles. The van der Waals surface area contributed by atoms with Gasteiger partial charge >= 0.3 is 0 Å². The number of hydrogen-bond acceptors (Lipinski definition) is 5. The Morgan fingerprint density at radius 3 is 2.28 bits per heavy atom. The topological polar surface area (TPSA) is 84.7 Å². The van der Waals surface area contributed by atoms with E-state index < -0.39 is 5.41 Å². The molecule has 7 heteroatoms.